The van der Waals surface area contributed by atoms with Crippen molar-refractivity contribution in [3.8, 4) is 11.5 Å². The van der Waals surface area contributed by atoms with E-state index in [9.17, 15) is 23.1 Å². The van der Waals surface area contributed by atoms with Gasteiger partial charge in [0.25, 0.3) is 15.9 Å². The summed E-state index contributed by atoms with van der Waals surface area (Å²) in [6, 6.07) is 3.51. The first-order chi connectivity index (χ1) is 12.6. The molecule has 1 aromatic heterocycles. The number of sulfonamides is 1. The summed E-state index contributed by atoms with van der Waals surface area (Å²) < 4.78 is 41.1. The summed E-state index contributed by atoms with van der Waals surface area (Å²) in [5, 5.41) is 11.3. The number of ether oxygens (including phenoxy) is 2. The highest BCUT2D eigenvalue weighted by atomic mass is 32.2. The minimum atomic E-state index is -3.87. The molecule has 1 amide bonds. The molecule has 0 atom stereocenters. The van der Waals surface area contributed by atoms with Gasteiger partial charge in [0.05, 0.1) is 31.0 Å². The van der Waals surface area contributed by atoms with Crippen molar-refractivity contribution >= 4 is 27.6 Å². The molecular formula is C16H18N2O8S. The molecule has 11 heteroatoms. The van der Waals surface area contributed by atoms with Gasteiger partial charge in [0, 0.05) is 6.07 Å². The van der Waals surface area contributed by atoms with Gasteiger partial charge in [0.2, 0.25) is 5.09 Å². The van der Waals surface area contributed by atoms with Crippen molar-refractivity contribution in [3.63, 3.8) is 0 Å². The summed E-state index contributed by atoms with van der Waals surface area (Å²) in [4.78, 5) is 23.9. The third kappa shape index (κ3) is 4.04. The number of amides is 1. The Morgan fingerprint density at radius 3 is 2.33 bits per heavy atom. The average molecular weight is 398 g/mol. The number of rotatable bonds is 7. The van der Waals surface area contributed by atoms with Gasteiger partial charge in [-0.1, -0.05) is 0 Å². The van der Waals surface area contributed by atoms with Crippen LogP contribution in [0.3, 0.4) is 0 Å². The van der Waals surface area contributed by atoms with E-state index in [1.807, 2.05) is 0 Å². The smallest absolute Gasteiger partial charge is 0.335 e. The fraction of sp³-hybridized carbons (Fsp3) is 0.250. The minimum Gasteiger partial charge on any atom is -0.493 e. The van der Waals surface area contributed by atoms with E-state index >= 15 is 0 Å². The summed E-state index contributed by atoms with van der Waals surface area (Å²) in [7, 11) is -0.00534. The molecule has 0 fully saturated rings. The van der Waals surface area contributed by atoms with Crippen molar-refractivity contribution in [1.82, 2.24) is 4.72 Å². The molecule has 0 aliphatic rings. The molecule has 146 valence electrons. The number of benzene rings is 1. The van der Waals surface area contributed by atoms with Crippen LogP contribution in [-0.2, 0) is 10.0 Å². The van der Waals surface area contributed by atoms with Crippen molar-refractivity contribution in [1.29, 1.82) is 0 Å². The van der Waals surface area contributed by atoms with Gasteiger partial charge in [-0.05, 0) is 26.1 Å². The number of furan rings is 1. The van der Waals surface area contributed by atoms with E-state index in [0.29, 0.717) is 0 Å². The number of aromatic carboxylic acids is 1. The Bertz CT molecular complexity index is 994. The van der Waals surface area contributed by atoms with Gasteiger partial charge in [-0.25, -0.2) is 17.9 Å². The van der Waals surface area contributed by atoms with Gasteiger partial charge in [-0.15, -0.1) is 0 Å². The predicted octanol–water partition coefficient (Wildman–Crippen LogP) is 1.46. The maximum atomic E-state index is 12.6. The Hall–Kier alpha value is -3.05. The van der Waals surface area contributed by atoms with Crippen LogP contribution in [0, 0.1) is 6.92 Å². The van der Waals surface area contributed by atoms with E-state index in [4.69, 9.17) is 13.9 Å². The van der Waals surface area contributed by atoms with Crippen LogP contribution in [0.25, 0.3) is 0 Å². The molecule has 0 bridgehead atoms. The van der Waals surface area contributed by atoms with Gasteiger partial charge < -0.3 is 24.3 Å². The molecule has 0 unspecified atom stereocenters. The molecule has 0 saturated heterocycles. The Labute approximate surface area is 155 Å². The molecule has 1 heterocycles. The monoisotopic (exact) mass is 398 g/mol. The van der Waals surface area contributed by atoms with Gasteiger partial charge in [0.1, 0.15) is 5.76 Å². The highest BCUT2D eigenvalue weighted by Gasteiger charge is 2.24. The van der Waals surface area contributed by atoms with Crippen molar-refractivity contribution < 1.29 is 37.0 Å². The Morgan fingerprint density at radius 1 is 1.15 bits per heavy atom. The number of anilines is 1. The highest BCUT2D eigenvalue weighted by Crippen LogP contribution is 2.37. The number of carboxylic acid groups (broad SMARTS) is 1. The zero-order valence-electron chi connectivity index (χ0n) is 14.9. The number of hydrogen-bond acceptors (Lipinski definition) is 7. The zero-order chi connectivity index (χ0) is 20.4. The first kappa shape index (κ1) is 20.3. The van der Waals surface area contributed by atoms with Crippen LogP contribution in [0.15, 0.2) is 27.7 Å². The summed E-state index contributed by atoms with van der Waals surface area (Å²) in [6.07, 6.45) is 0. The first-order valence-corrected chi connectivity index (χ1v) is 8.97. The molecule has 1 aromatic carbocycles. The van der Waals surface area contributed by atoms with E-state index < -0.39 is 27.0 Å². The normalized spacial score (nSPS) is 11.1. The Balaban J connectivity index is 2.47. The summed E-state index contributed by atoms with van der Waals surface area (Å²) >= 11 is 0. The van der Waals surface area contributed by atoms with Gasteiger partial charge in [-0.2, -0.15) is 0 Å². The van der Waals surface area contributed by atoms with Crippen LogP contribution in [0.2, 0.25) is 0 Å². The zero-order valence-corrected chi connectivity index (χ0v) is 15.8. The van der Waals surface area contributed by atoms with E-state index in [-0.39, 0.29) is 34.1 Å². The van der Waals surface area contributed by atoms with Crippen LogP contribution < -0.4 is 19.5 Å². The van der Waals surface area contributed by atoms with E-state index in [0.717, 1.165) is 6.07 Å². The summed E-state index contributed by atoms with van der Waals surface area (Å²) in [5.74, 6) is -1.65. The Morgan fingerprint density at radius 2 is 1.81 bits per heavy atom. The standard InChI is InChI=1S/C16H18N2O8S/c1-8-10(7-13(26-8)27(22,23)17-2)15(19)18-11-5-9(16(20)21)6-12(24-3)14(11)25-4/h5-7,17H,1-4H3,(H,18,19)(H,20,21). The lowest BCUT2D eigenvalue weighted by atomic mass is 10.1. The first-order valence-electron chi connectivity index (χ1n) is 7.49. The number of nitrogens with one attached hydrogen (secondary N) is 2. The third-order valence-corrected chi connectivity index (χ3v) is 4.92. The fourth-order valence-electron chi connectivity index (χ4n) is 2.28. The number of methoxy groups -OCH3 is 2. The number of aryl methyl sites for hydroxylation is 1. The lowest BCUT2D eigenvalue weighted by molar-refractivity contribution is 0.0696. The molecule has 2 aromatic rings. The van der Waals surface area contributed by atoms with Crippen LogP contribution >= 0.6 is 0 Å². The molecule has 27 heavy (non-hydrogen) atoms. The van der Waals surface area contributed by atoms with Crippen molar-refractivity contribution in [2.75, 3.05) is 26.6 Å². The van der Waals surface area contributed by atoms with E-state index in [1.165, 1.54) is 40.3 Å². The summed E-state index contributed by atoms with van der Waals surface area (Å²) in [6.45, 7) is 1.43. The topological polar surface area (TPSA) is 144 Å². The number of hydrogen-bond donors (Lipinski definition) is 3. The molecule has 2 rings (SSSR count). The van der Waals surface area contributed by atoms with E-state index in [2.05, 4.69) is 10.0 Å². The predicted molar refractivity (Wildman–Crippen MR) is 94.1 cm³/mol. The number of carbonyl (C=O) groups excluding carboxylic acids is 1. The van der Waals surface area contributed by atoms with Gasteiger partial charge >= 0.3 is 5.97 Å². The van der Waals surface area contributed by atoms with Crippen LogP contribution in [0.4, 0.5) is 5.69 Å². The molecule has 3 N–H and O–H groups in total. The lowest BCUT2D eigenvalue weighted by Gasteiger charge is -2.14. The lowest BCUT2D eigenvalue weighted by Crippen LogP contribution is -2.18. The quantitative estimate of drug-likeness (QED) is 0.636. The molecule has 0 aliphatic carbocycles. The van der Waals surface area contributed by atoms with Crippen molar-refractivity contribution in [2.24, 2.45) is 0 Å². The Kier molecular flexibility index (Phi) is 5.76. The van der Waals surface area contributed by atoms with Gasteiger partial charge in [-0.3, -0.25) is 4.79 Å². The maximum absolute atomic E-state index is 12.6. The van der Waals surface area contributed by atoms with Crippen LogP contribution in [0.5, 0.6) is 11.5 Å². The molecule has 0 radical (unpaired) electrons. The van der Waals surface area contributed by atoms with Crippen LogP contribution in [-0.4, -0.2) is 46.7 Å². The molecule has 0 aliphatic heterocycles. The van der Waals surface area contributed by atoms with E-state index in [1.54, 1.807) is 0 Å². The average Bonchev–Trinajstić information content (AvgIpc) is 3.03. The second-order valence-electron chi connectivity index (χ2n) is 5.26. The molecule has 10 nitrogen and oxygen atoms in total. The molecular weight excluding hydrogens is 380 g/mol. The summed E-state index contributed by atoms with van der Waals surface area (Å²) in [5.41, 5.74) is -0.131. The molecule has 0 spiro atoms. The highest BCUT2D eigenvalue weighted by molar-refractivity contribution is 7.89. The molecule has 0 saturated carbocycles. The SMILES string of the molecule is CNS(=O)(=O)c1cc(C(=O)Nc2cc(C(=O)O)cc(OC)c2OC)c(C)o1. The second kappa shape index (κ2) is 7.68. The second-order valence-corrected chi connectivity index (χ2v) is 7.08. The maximum Gasteiger partial charge on any atom is 0.335 e. The number of carboxylic acids is 1. The largest absolute Gasteiger partial charge is 0.493 e. The fourth-order valence-corrected chi connectivity index (χ4v) is 2.99. The number of carbonyl (C=O) groups is 2. The minimum absolute atomic E-state index is 0.0365. The van der Waals surface area contributed by atoms with Gasteiger partial charge in [0.15, 0.2) is 11.5 Å². The van der Waals surface area contributed by atoms with Crippen LogP contribution in [0.1, 0.15) is 26.5 Å². The van der Waals surface area contributed by atoms with Crippen molar-refractivity contribution in [3.05, 3.63) is 35.1 Å². The third-order valence-electron chi connectivity index (χ3n) is 3.65. The van der Waals surface area contributed by atoms with Crippen molar-refractivity contribution in [2.45, 2.75) is 12.0 Å².